The number of rotatable bonds is 5. The molecular formula is C17H23N5O2. The minimum atomic E-state index is -0.591. The molecule has 7 heteroatoms. The number of aromatic nitrogens is 4. The number of pyridine rings is 1. The maximum absolute atomic E-state index is 12.4. The summed E-state index contributed by atoms with van der Waals surface area (Å²) in [6.07, 6.45) is 7.01. The predicted octanol–water partition coefficient (Wildman–Crippen LogP) is 1.21. The smallest absolute Gasteiger partial charge is 0.226 e. The Balaban J connectivity index is 1.47. The minimum Gasteiger partial charge on any atom is -0.387 e. The van der Waals surface area contributed by atoms with E-state index in [9.17, 15) is 9.90 Å². The molecule has 2 aromatic rings. The normalized spacial score (nSPS) is 17.0. The molecule has 0 aromatic carbocycles. The van der Waals surface area contributed by atoms with Gasteiger partial charge in [0.05, 0.1) is 18.7 Å². The average molecular weight is 329 g/mol. The van der Waals surface area contributed by atoms with E-state index in [4.69, 9.17) is 0 Å². The molecule has 1 aliphatic heterocycles. The summed E-state index contributed by atoms with van der Waals surface area (Å²) in [6.45, 7) is 4.03. The van der Waals surface area contributed by atoms with Gasteiger partial charge >= 0.3 is 0 Å². The summed E-state index contributed by atoms with van der Waals surface area (Å²) in [5, 5.41) is 17.5. The van der Waals surface area contributed by atoms with E-state index >= 15 is 0 Å². The summed E-state index contributed by atoms with van der Waals surface area (Å²) in [7, 11) is 0. The van der Waals surface area contributed by atoms with Crippen molar-refractivity contribution in [3.05, 3.63) is 42.0 Å². The van der Waals surface area contributed by atoms with Crippen LogP contribution in [0.3, 0.4) is 0 Å². The molecule has 1 unspecified atom stereocenters. The minimum absolute atomic E-state index is 0.178. The third-order valence-electron chi connectivity index (χ3n) is 4.50. The van der Waals surface area contributed by atoms with Gasteiger partial charge in [0, 0.05) is 32.0 Å². The van der Waals surface area contributed by atoms with Crippen LogP contribution in [-0.4, -0.2) is 49.0 Å². The summed E-state index contributed by atoms with van der Waals surface area (Å²) >= 11 is 0. The number of amides is 1. The first-order chi connectivity index (χ1) is 11.6. The Morgan fingerprint density at radius 3 is 2.67 bits per heavy atom. The van der Waals surface area contributed by atoms with E-state index < -0.39 is 6.10 Å². The van der Waals surface area contributed by atoms with Crippen molar-refractivity contribution < 1.29 is 9.90 Å². The molecule has 1 amide bonds. The number of likely N-dealkylation sites (tertiary alicyclic amines) is 1. The Morgan fingerprint density at radius 2 is 2.04 bits per heavy atom. The van der Waals surface area contributed by atoms with E-state index in [1.807, 2.05) is 17.0 Å². The standard InChI is InChI=1S/C17H23N5O2/c1-13(23)16-12-22(20-19-16)11-15-4-8-21(9-5-15)17(24)10-14-2-6-18-7-3-14/h2-3,6-7,12-13,15,23H,4-5,8-11H2,1H3. The van der Waals surface area contributed by atoms with E-state index in [1.54, 1.807) is 30.2 Å². The van der Waals surface area contributed by atoms with Crippen molar-refractivity contribution in [1.82, 2.24) is 24.9 Å². The van der Waals surface area contributed by atoms with Crippen LogP contribution >= 0.6 is 0 Å². The average Bonchev–Trinajstić information content (AvgIpc) is 3.05. The zero-order chi connectivity index (χ0) is 16.9. The van der Waals surface area contributed by atoms with Crippen LogP contribution in [0.1, 0.15) is 37.1 Å². The van der Waals surface area contributed by atoms with Gasteiger partial charge in [-0.2, -0.15) is 0 Å². The van der Waals surface area contributed by atoms with Gasteiger partial charge in [-0.1, -0.05) is 5.21 Å². The number of hydrogen-bond donors (Lipinski definition) is 1. The highest BCUT2D eigenvalue weighted by atomic mass is 16.3. The molecule has 1 aliphatic rings. The van der Waals surface area contributed by atoms with Crippen LogP contribution in [0.4, 0.5) is 0 Å². The zero-order valence-corrected chi connectivity index (χ0v) is 13.9. The van der Waals surface area contributed by atoms with Crippen molar-refractivity contribution in [2.45, 2.75) is 38.8 Å². The van der Waals surface area contributed by atoms with Gasteiger partial charge in [-0.05, 0) is 43.4 Å². The number of carbonyl (C=O) groups excluding carboxylic acids is 1. The van der Waals surface area contributed by atoms with Gasteiger partial charge < -0.3 is 10.0 Å². The SMILES string of the molecule is CC(O)c1cn(CC2CCN(C(=O)Cc3ccncc3)CC2)nn1. The molecule has 0 aliphatic carbocycles. The van der Waals surface area contributed by atoms with Gasteiger partial charge in [0.2, 0.25) is 5.91 Å². The molecule has 1 atom stereocenters. The van der Waals surface area contributed by atoms with E-state index in [0.29, 0.717) is 18.0 Å². The van der Waals surface area contributed by atoms with Crippen LogP contribution in [0.15, 0.2) is 30.7 Å². The number of aliphatic hydroxyl groups is 1. The number of aliphatic hydroxyl groups excluding tert-OH is 1. The van der Waals surface area contributed by atoms with Crippen molar-refractivity contribution in [1.29, 1.82) is 0 Å². The van der Waals surface area contributed by atoms with Gasteiger partial charge in [0.1, 0.15) is 5.69 Å². The topological polar surface area (TPSA) is 84.1 Å². The van der Waals surface area contributed by atoms with Crippen LogP contribution in [0.25, 0.3) is 0 Å². The van der Waals surface area contributed by atoms with Crippen molar-refractivity contribution in [3.8, 4) is 0 Å². The molecule has 7 nitrogen and oxygen atoms in total. The molecule has 1 fully saturated rings. The fraction of sp³-hybridized carbons (Fsp3) is 0.529. The maximum atomic E-state index is 12.4. The maximum Gasteiger partial charge on any atom is 0.226 e. The van der Waals surface area contributed by atoms with Gasteiger partial charge in [0.15, 0.2) is 0 Å². The van der Waals surface area contributed by atoms with Crippen molar-refractivity contribution >= 4 is 5.91 Å². The largest absolute Gasteiger partial charge is 0.387 e. The molecule has 3 rings (SSSR count). The molecular weight excluding hydrogens is 306 g/mol. The Morgan fingerprint density at radius 1 is 1.33 bits per heavy atom. The second-order valence-electron chi connectivity index (χ2n) is 6.40. The van der Waals surface area contributed by atoms with Crippen molar-refractivity contribution in [2.75, 3.05) is 13.1 Å². The molecule has 0 radical (unpaired) electrons. The lowest BCUT2D eigenvalue weighted by molar-refractivity contribution is -0.131. The molecule has 0 bridgehead atoms. The first-order valence-corrected chi connectivity index (χ1v) is 8.36. The highest BCUT2D eigenvalue weighted by Gasteiger charge is 2.23. The van der Waals surface area contributed by atoms with Gasteiger partial charge in [-0.3, -0.25) is 14.5 Å². The second-order valence-corrected chi connectivity index (χ2v) is 6.40. The van der Waals surface area contributed by atoms with Crippen LogP contribution in [-0.2, 0) is 17.8 Å². The van der Waals surface area contributed by atoms with E-state index in [1.165, 1.54) is 0 Å². The third kappa shape index (κ3) is 4.17. The quantitative estimate of drug-likeness (QED) is 0.891. The number of nitrogens with zero attached hydrogens (tertiary/aromatic N) is 5. The summed E-state index contributed by atoms with van der Waals surface area (Å²) in [5.41, 5.74) is 1.60. The molecule has 1 saturated heterocycles. The number of carbonyl (C=O) groups is 1. The Kier molecular flexibility index (Phi) is 5.20. The molecule has 0 spiro atoms. The van der Waals surface area contributed by atoms with Gasteiger partial charge in [-0.25, -0.2) is 0 Å². The van der Waals surface area contributed by atoms with Gasteiger partial charge in [-0.15, -0.1) is 5.10 Å². The highest BCUT2D eigenvalue weighted by Crippen LogP contribution is 2.20. The van der Waals surface area contributed by atoms with Crippen molar-refractivity contribution in [3.63, 3.8) is 0 Å². The Labute approximate surface area is 141 Å². The fourth-order valence-electron chi connectivity index (χ4n) is 3.01. The van der Waals surface area contributed by atoms with Crippen LogP contribution in [0.2, 0.25) is 0 Å². The summed E-state index contributed by atoms with van der Waals surface area (Å²) < 4.78 is 1.79. The molecule has 128 valence electrons. The lowest BCUT2D eigenvalue weighted by Gasteiger charge is -2.32. The number of hydrogen-bond acceptors (Lipinski definition) is 5. The van der Waals surface area contributed by atoms with Crippen LogP contribution < -0.4 is 0 Å². The zero-order valence-electron chi connectivity index (χ0n) is 13.9. The molecule has 24 heavy (non-hydrogen) atoms. The highest BCUT2D eigenvalue weighted by molar-refractivity contribution is 5.78. The van der Waals surface area contributed by atoms with E-state index in [2.05, 4.69) is 15.3 Å². The van der Waals surface area contributed by atoms with Crippen molar-refractivity contribution in [2.24, 2.45) is 5.92 Å². The lowest BCUT2D eigenvalue weighted by Crippen LogP contribution is -2.40. The first-order valence-electron chi connectivity index (χ1n) is 8.36. The van der Waals surface area contributed by atoms with Crippen LogP contribution in [0.5, 0.6) is 0 Å². The Hall–Kier alpha value is -2.28. The summed E-state index contributed by atoms with van der Waals surface area (Å²) in [4.78, 5) is 18.3. The molecule has 1 N–H and O–H groups in total. The summed E-state index contributed by atoms with van der Waals surface area (Å²) in [6, 6.07) is 3.77. The Bertz CT molecular complexity index is 663. The monoisotopic (exact) mass is 329 g/mol. The van der Waals surface area contributed by atoms with Crippen LogP contribution in [0, 0.1) is 5.92 Å². The lowest BCUT2D eigenvalue weighted by atomic mass is 9.96. The van der Waals surface area contributed by atoms with E-state index in [0.717, 1.165) is 38.0 Å². The first kappa shape index (κ1) is 16.6. The van der Waals surface area contributed by atoms with Gasteiger partial charge in [0.25, 0.3) is 0 Å². The molecule has 2 aromatic heterocycles. The number of piperidine rings is 1. The molecule has 0 saturated carbocycles. The summed E-state index contributed by atoms with van der Waals surface area (Å²) in [5.74, 6) is 0.662. The second kappa shape index (κ2) is 7.53. The third-order valence-corrected chi connectivity index (χ3v) is 4.50. The predicted molar refractivity (Wildman–Crippen MR) is 87.9 cm³/mol. The fourth-order valence-corrected chi connectivity index (χ4v) is 3.01. The van der Waals surface area contributed by atoms with E-state index in [-0.39, 0.29) is 5.91 Å². The molecule has 3 heterocycles.